The van der Waals surface area contributed by atoms with Crippen LogP contribution in [0.4, 0.5) is 4.79 Å². The first-order valence-electron chi connectivity index (χ1n) is 11.2. The number of carbonyl (C=O) groups excluding carboxylic acids is 2. The Kier molecular flexibility index (Phi) is 9.06. The summed E-state index contributed by atoms with van der Waals surface area (Å²) in [6.07, 6.45) is 5.91. The molecule has 1 saturated carbocycles. The number of hydrogen-bond donors (Lipinski definition) is 3. The van der Waals surface area contributed by atoms with E-state index in [0.29, 0.717) is 13.0 Å². The van der Waals surface area contributed by atoms with E-state index < -0.39 is 6.03 Å². The highest BCUT2D eigenvalue weighted by molar-refractivity contribution is 5.95. The molecule has 0 aliphatic heterocycles. The number of aliphatic hydroxyl groups excluding tert-OH is 1. The lowest BCUT2D eigenvalue weighted by atomic mass is 9.96. The summed E-state index contributed by atoms with van der Waals surface area (Å²) in [5.41, 5.74) is 2.12. The zero-order valence-corrected chi connectivity index (χ0v) is 18.0. The zero-order chi connectivity index (χ0) is 21.9. The predicted octanol–water partition coefficient (Wildman–Crippen LogP) is 3.62. The molecule has 0 saturated heterocycles. The number of nitrogens with zero attached hydrogens (tertiary/aromatic N) is 1. The van der Waals surface area contributed by atoms with Crippen molar-refractivity contribution >= 4 is 11.9 Å². The Bertz CT molecular complexity index is 768. The van der Waals surface area contributed by atoms with Gasteiger partial charge in [0.05, 0.1) is 12.6 Å². The highest BCUT2D eigenvalue weighted by Gasteiger charge is 2.25. The van der Waals surface area contributed by atoms with Crippen LogP contribution in [0, 0.1) is 0 Å². The number of nitrogens with one attached hydrogen (secondary N) is 2. The third kappa shape index (κ3) is 7.19. The minimum absolute atomic E-state index is 0.0383. The monoisotopic (exact) mass is 423 g/mol. The summed E-state index contributed by atoms with van der Waals surface area (Å²) in [5.74, 6) is -0.344. The van der Waals surface area contributed by atoms with Crippen LogP contribution in [0.1, 0.15) is 55.7 Å². The number of urea groups is 1. The van der Waals surface area contributed by atoms with Crippen LogP contribution < -0.4 is 10.6 Å². The Hall–Kier alpha value is -2.70. The molecule has 2 aromatic rings. The first-order valence-corrected chi connectivity index (χ1v) is 11.2. The largest absolute Gasteiger partial charge is 0.396 e. The van der Waals surface area contributed by atoms with Crippen LogP contribution >= 0.6 is 0 Å². The van der Waals surface area contributed by atoms with E-state index in [-0.39, 0.29) is 31.1 Å². The quantitative estimate of drug-likeness (QED) is 0.575. The van der Waals surface area contributed by atoms with Crippen LogP contribution in [-0.2, 0) is 4.79 Å². The van der Waals surface area contributed by atoms with Gasteiger partial charge in [-0.05, 0) is 30.4 Å². The molecule has 0 heterocycles. The van der Waals surface area contributed by atoms with Gasteiger partial charge in [-0.25, -0.2) is 4.79 Å². The summed E-state index contributed by atoms with van der Waals surface area (Å²) in [4.78, 5) is 27.1. The number of rotatable bonds is 9. The Morgan fingerprint density at radius 3 is 2.06 bits per heavy atom. The molecule has 3 amide bonds. The van der Waals surface area contributed by atoms with E-state index in [1.54, 1.807) is 0 Å². The topological polar surface area (TPSA) is 81.7 Å². The molecule has 0 unspecified atom stereocenters. The van der Waals surface area contributed by atoms with E-state index in [2.05, 4.69) is 10.6 Å². The molecule has 3 N–H and O–H groups in total. The molecular formula is C25H33N3O3. The SMILES string of the molecule is O=C(CN(CCCO)C(c1ccccc1)c1ccccc1)NC(=O)NC1CCCCC1. The van der Waals surface area contributed by atoms with Gasteiger partial charge in [0.15, 0.2) is 0 Å². The van der Waals surface area contributed by atoms with Crippen LogP contribution in [0.5, 0.6) is 0 Å². The summed E-state index contributed by atoms with van der Waals surface area (Å²) in [6.45, 7) is 0.631. The van der Waals surface area contributed by atoms with E-state index in [9.17, 15) is 14.7 Å². The molecule has 6 heteroatoms. The predicted molar refractivity (Wildman–Crippen MR) is 122 cm³/mol. The second-order valence-electron chi connectivity index (χ2n) is 8.13. The van der Waals surface area contributed by atoms with Crippen LogP contribution in [-0.4, -0.2) is 47.7 Å². The average molecular weight is 424 g/mol. The van der Waals surface area contributed by atoms with Gasteiger partial charge in [-0.3, -0.25) is 15.0 Å². The molecule has 31 heavy (non-hydrogen) atoms. The lowest BCUT2D eigenvalue weighted by Gasteiger charge is -2.32. The molecule has 2 aromatic carbocycles. The molecule has 0 aromatic heterocycles. The summed E-state index contributed by atoms with van der Waals surface area (Å²) in [5, 5.41) is 14.8. The van der Waals surface area contributed by atoms with Crippen molar-refractivity contribution in [1.82, 2.24) is 15.5 Å². The second-order valence-corrected chi connectivity index (χ2v) is 8.13. The Balaban J connectivity index is 1.72. The van der Waals surface area contributed by atoms with Gasteiger partial charge in [-0.2, -0.15) is 0 Å². The zero-order valence-electron chi connectivity index (χ0n) is 18.0. The van der Waals surface area contributed by atoms with E-state index in [1.165, 1.54) is 6.42 Å². The summed E-state index contributed by atoms with van der Waals surface area (Å²) in [6, 6.07) is 19.6. The number of carbonyl (C=O) groups is 2. The molecule has 166 valence electrons. The summed E-state index contributed by atoms with van der Waals surface area (Å²) in [7, 11) is 0. The van der Waals surface area contributed by atoms with E-state index in [1.807, 2.05) is 65.6 Å². The molecule has 1 aliphatic rings. The van der Waals surface area contributed by atoms with Crippen molar-refractivity contribution in [2.24, 2.45) is 0 Å². The van der Waals surface area contributed by atoms with Crippen molar-refractivity contribution in [2.75, 3.05) is 19.7 Å². The van der Waals surface area contributed by atoms with E-state index in [0.717, 1.165) is 36.8 Å². The van der Waals surface area contributed by atoms with Gasteiger partial charge in [0.25, 0.3) is 0 Å². The number of hydrogen-bond acceptors (Lipinski definition) is 4. The van der Waals surface area contributed by atoms with Crippen molar-refractivity contribution in [3.8, 4) is 0 Å². The maximum Gasteiger partial charge on any atom is 0.321 e. The van der Waals surface area contributed by atoms with Gasteiger partial charge in [0, 0.05) is 19.2 Å². The van der Waals surface area contributed by atoms with Crippen LogP contribution in [0.3, 0.4) is 0 Å². The van der Waals surface area contributed by atoms with Crippen LogP contribution in [0.15, 0.2) is 60.7 Å². The lowest BCUT2D eigenvalue weighted by Crippen LogP contribution is -2.48. The van der Waals surface area contributed by atoms with Gasteiger partial charge in [0.1, 0.15) is 0 Å². The molecule has 0 spiro atoms. The standard InChI is InChI=1S/C25H33N3O3/c29-18-10-17-28(19-23(30)27-25(31)26-22-15-8-3-9-16-22)24(20-11-4-1-5-12-20)21-13-6-2-7-14-21/h1-2,4-7,11-14,22,24,29H,3,8-10,15-19H2,(H2,26,27,30,31). The van der Waals surface area contributed by atoms with Crippen LogP contribution in [0.25, 0.3) is 0 Å². The van der Waals surface area contributed by atoms with Gasteiger partial charge < -0.3 is 10.4 Å². The van der Waals surface area contributed by atoms with Gasteiger partial charge in [-0.15, -0.1) is 0 Å². The second kappa shape index (κ2) is 12.2. The molecule has 0 radical (unpaired) electrons. The van der Waals surface area contributed by atoms with Crippen molar-refractivity contribution in [3.63, 3.8) is 0 Å². The molecule has 0 bridgehead atoms. The number of benzene rings is 2. The maximum atomic E-state index is 12.8. The van der Waals surface area contributed by atoms with Gasteiger partial charge >= 0.3 is 6.03 Å². The molecular weight excluding hydrogens is 390 g/mol. The Morgan fingerprint density at radius 2 is 1.52 bits per heavy atom. The maximum absolute atomic E-state index is 12.8. The van der Waals surface area contributed by atoms with Crippen molar-refractivity contribution < 1.29 is 14.7 Å². The Morgan fingerprint density at radius 1 is 0.935 bits per heavy atom. The highest BCUT2D eigenvalue weighted by Crippen LogP contribution is 2.28. The number of imide groups is 1. The number of amides is 3. The fourth-order valence-corrected chi connectivity index (χ4v) is 4.28. The fourth-order valence-electron chi connectivity index (χ4n) is 4.28. The summed E-state index contributed by atoms with van der Waals surface area (Å²) >= 11 is 0. The molecule has 3 rings (SSSR count). The van der Waals surface area contributed by atoms with Crippen molar-refractivity contribution in [3.05, 3.63) is 71.8 Å². The fraction of sp³-hybridized carbons (Fsp3) is 0.440. The van der Waals surface area contributed by atoms with E-state index in [4.69, 9.17) is 0 Å². The molecule has 6 nitrogen and oxygen atoms in total. The third-order valence-electron chi connectivity index (χ3n) is 5.74. The van der Waals surface area contributed by atoms with Crippen molar-refractivity contribution in [2.45, 2.75) is 50.6 Å². The lowest BCUT2D eigenvalue weighted by molar-refractivity contribution is -0.121. The van der Waals surface area contributed by atoms with Crippen molar-refractivity contribution in [1.29, 1.82) is 0 Å². The minimum Gasteiger partial charge on any atom is -0.396 e. The third-order valence-corrected chi connectivity index (χ3v) is 5.74. The first kappa shape index (κ1) is 23.0. The van der Waals surface area contributed by atoms with E-state index >= 15 is 0 Å². The van der Waals surface area contributed by atoms with Gasteiger partial charge in [0.2, 0.25) is 5.91 Å². The first-order chi connectivity index (χ1) is 15.2. The molecule has 1 aliphatic carbocycles. The molecule has 0 atom stereocenters. The molecule has 1 fully saturated rings. The average Bonchev–Trinajstić information content (AvgIpc) is 2.79. The highest BCUT2D eigenvalue weighted by atomic mass is 16.3. The summed E-state index contributed by atoms with van der Waals surface area (Å²) < 4.78 is 0. The number of aliphatic hydroxyl groups is 1. The Labute approximate surface area is 184 Å². The smallest absolute Gasteiger partial charge is 0.321 e. The normalized spacial score (nSPS) is 14.5. The van der Waals surface area contributed by atoms with Gasteiger partial charge in [-0.1, -0.05) is 79.9 Å². The minimum atomic E-state index is -0.421. The van der Waals surface area contributed by atoms with Crippen LogP contribution in [0.2, 0.25) is 0 Å².